The Morgan fingerprint density at radius 1 is 1.37 bits per heavy atom. The normalized spacial score (nSPS) is 15.9. The van der Waals surface area contributed by atoms with Crippen LogP contribution in [0.25, 0.3) is 0 Å². The molecule has 0 radical (unpaired) electrons. The lowest BCUT2D eigenvalue weighted by atomic mass is 10.0. The maximum atomic E-state index is 11.9. The van der Waals surface area contributed by atoms with Crippen molar-refractivity contribution >= 4 is 5.91 Å². The molecule has 0 spiro atoms. The Morgan fingerprint density at radius 3 is 2.37 bits per heavy atom. The van der Waals surface area contributed by atoms with Crippen LogP contribution in [0.2, 0.25) is 0 Å². The van der Waals surface area contributed by atoms with E-state index in [1.165, 1.54) is 5.56 Å². The van der Waals surface area contributed by atoms with Crippen LogP contribution < -0.4 is 11.1 Å². The molecule has 1 aromatic rings. The lowest BCUT2D eigenvalue weighted by Gasteiger charge is -2.19. The van der Waals surface area contributed by atoms with Gasteiger partial charge in [-0.25, -0.2) is 0 Å². The van der Waals surface area contributed by atoms with Gasteiger partial charge in [-0.2, -0.15) is 5.10 Å². The number of hydrogen-bond donors (Lipinski definition) is 2. The average molecular weight is 266 g/mol. The molecule has 108 valence electrons. The van der Waals surface area contributed by atoms with Crippen LogP contribution in [0.15, 0.2) is 0 Å². The second-order valence-electron chi connectivity index (χ2n) is 5.53. The van der Waals surface area contributed by atoms with Crippen LogP contribution >= 0.6 is 0 Å². The second-order valence-corrected chi connectivity index (χ2v) is 5.53. The van der Waals surface area contributed by atoms with Gasteiger partial charge in [-0.3, -0.25) is 9.48 Å². The SMILES string of the molecule is Cc1nn(C)c(C)c1CC(C)NC(=O)C(C)C(C)N. The zero-order valence-corrected chi connectivity index (χ0v) is 12.8. The van der Waals surface area contributed by atoms with E-state index in [1.807, 2.05) is 39.4 Å². The molecule has 0 aliphatic rings. The molecular weight excluding hydrogens is 240 g/mol. The van der Waals surface area contributed by atoms with E-state index in [4.69, 9.17) is 5.73 Å². The van der Waals surface area contributed by atoms with E-state index in [-0.39, 0.29) is 23.9 Å². The minimum absolute atomic E-state index is 0.0155. The number of carbonyl (C=O) groups is 1. The largest absolute Gasteiger partial charge is 0.353 e. The Morgan fingerprint density at radius 2 is 1.95 bits per heavy atom. The first kappa shape index (κ1) is 15.7. The van der Waals surface area contributed by atoms with Gasteiger partial charge < -0.3 is 11.1 Å². The van der Waals surface area contributed by atoms with Gasteiger partial charge in [-0.05, 0) is 39.7 Å². The fourth-order valence-corrected chi connectivity index (χ4v) is 2.08. The number of carbonyl (C=O) groups excluding carboxylic acids is 1. The molecule has 19 heavy (non-hydrogen) atoms. The van der Waals surface area contributed by atoms with Crippen LogP contribution in [0.4, 0.5) is 0 Å². The molecule has 5 nitrogen and oxygen atoms in total. The molecule has 0 aliphatic heterocycles. The monoisotopic (exact) mass is 266 g/mol. The smallest absolute Gasteiger partial charge is 0.224 e. The topological polar surface area (TPSA) is 72.9 Å². The molecule has 0 saturated carbocycles. The van der Waals surface area contributed by atoms with Crippen LogP contribution in [0, 0.1) is 19.8 Å². The van der Waals surface area contributed by atoms with Gasteiger partial charge in [-0.1, -0.05) is 6.92 Å². The van der Waals surface area contributed by atoms with E-state index in [9.17, 15) is 4.79 Å². The first-order valence-corrected chi connectivity index (χ1v) is 6.79. The van der Waals surface area contributed by atoms with Gasteiger partial charge in [0.05, 0.1) is 5.69 Å². The molecule has 3 atom stereocenters. The first-order chi connectivity index (χ1) is 8.73. The summed E-state index contributed by atoms with van der Waals surface area (Å²) in [5, 5.41) is 7.41. The zero-order valence-electron chi connectivity index (χ0n) is 12.8. The summed E-state index contributed by atoms with van der Waals surface area (Å²) in [7, 11) is 1.94. The standard InChI is InChI=1S/C14H26N4O/c1-8(16-14(19)9(2)10(3)15)7-13-11(4)17-18(6)12(13)5/h8-10H,7,15H2,1-6H3,(H,16,19). The summed E-state index contributed by atoms with van der Waals surface area (Å²) in [4.78, 5) is 11.9. The van der Waals surface area contributed by atoms with Crippen LogP contribution in [-0.2, 0) is 18.3 Å². The van der Waals surface area contributed by atoms with Gasteiger partial charge in [0.25, 0.3) is 0 Å². The number of hydrogen-bond acceptors (Lipinski definition) is 3. The number of nitrogens with one attached hydrogen (secondary N) is 1. The van der Waals surface area contributed by atoms with Gasteiger partial charge >= 0.3 is 0 Å². The minimum atomic E-state index is -0.168. The summed E-state index contributed by atoms with van der Waals surface area (Å²) >= 11 is 0. The van der Waals surface area contributed by atoms with Crippen molar-refractivity contribution in [3.8, 4) is 0 Å². The summed E-state index contributed by atoms with van der Waals surface area (Å²) in [6, 6.07) is -0.0515. The van der Waals surface area contributed by atoms with E-state index in [1.54, 1.807) is 0 Å². The average Bonchev–Trinajstić information content (AvgIpc) is 2.54. The molecule has 3 unspecified atom stereocenters. The number of rotatable bonds is 5. The van der Waals surface area contributed by atoms with Crippen LogP contribution in [0.3, 0.4) is 0 Å². The minimum Gasteiger partial charge on any atom is -0.353 e. The Labute approximate surface area is 115 Å². The van der Waals surface area contributed by atoms with Crippen molar-refractivity contribution in [1.82, 2.24) is 15.1 Å². The molecule has 5 heteroatoms. The number of nitrogens with zero attached hydrogens (tertiary/aromatic N) is 2. The summed E-state index contributed by atoms with van der Waals surface area (Å²) in [5.74, 6) is -0.153. The molecule has 1 rings (SSSR count). The highest BCUT2D eigenvalue weighted by molar-refractivity contribution is 5.79. The number of amides is 1. The Kier molecular flexibility index (Phi) is 5.11. The highest BCUT2D eigenvalue weighted by Gasteiger charge is 2.20. The lowest BCUT2D eigenvalue weighted by molar-refractivity contribution is -0.125. The van der Waals surface area contributed by atoms with Crippen molar-refractivity contribution in [1.29, 1.82) is 0 Å². The van der Waals surface area contributed by atoms with Crippen LogP contribution in [0.5, 0.6) is 0 Å². The quantitative estimate of drug-likeness (QED) is 0.837. The Bertz CT molecular complexity index is 451. The molecule has 0 bridgehead atoms. The van der Waals surface area contributed by atoms with E-state index in [0.717, 1.165) is 17.8 Å². The predicted molar refractivity (Wildman–Crippen MR) is 76.8 cm³/mol. The third-order valence-electron chi connectivity index (χ3n) is 3.76. The van der Waals surface area contributed by atoms with Crippen molar-refractivity contribution in [2.75, 3.05) is 0 Å². The van der Waals surface area contributed by atoms with Crippen molar-refractivity contribution in [2.24, 2.45) is 18.7 Å². The zero-order chi connectivity index (χ0) is 14.7. The highest BCUT2D eigenvalue weighted by Crippen LogP contribution is 2.14. The molecule has 3 N–H and O–H groups in total. The summed E-state index contributed by atoms with van der Waals surface area (Å²) in [6.07, 6.45) is 0.795. The molecule has 1 amide bonds. The number of aromatic nitrogens is 2. The summed E-state index contributed by atoms with van der Waals surface area (Å²) in [5.41, 5.74) is 9.14. The fraction of sp³-hybridized carbons (Fsp3) is 0.714. The predicted octanol–water partition coefficient (Wildman–Crippen LogP) is 1.07. The van der Waals surface area contributed by atoms with Crippen molar-refractivity contribution in [3.05, 3.63) is 17.0 Å². The third-order valence-corrected chi connectivity index (χ3v) is 3.76. The molecule has 0 saturated heterocycles. The summed E-state index contributed by atoms with van der Waals surface area (Å²) in [6.45, 7) is 9.77. The van der Waals surface area contributed by atoms with E-state index < -0.39 is 0 Å². The Balaban J connectivity index is 2.65. The molecule has 1 heterocycles. The van der Waals surface area contributed by atoms with E-state index in [0.29, 0.717) is 0 Å². The van der Waals surface area contributed by atoms with Crippen molar-refractivity contribution < 1.29 is 4.79 Å². The van der Waals surface area contributed by atoms with Crippen molar-refractivity contribution in [2.45, 2.75) is 53.1 Å². The maximum Gasteiger partial charge on any atom is 0.224 e. The molecule has 0 fully saturated rings. The van der Waals surface area contributed by atoms with Crippen LogP contribution in [0.1, 0.15) is 37.7 Å². The maximum absolute atomic E-state index is 11.9. The second kappa shape index (κ2) is 6.19. The fourth-order valence-electron chi connectivity index (χ4n) is 2.08. The van der Waals surface area contributed by atoms with Gasteiger partial charge in [0.2, 0.25) is 5.91 Å². The summed E-state index contributed by atoms with van der Waals surface area (Å²) < 4.78 is 1.88. The van der Waals surface area contributed by atoms with Crippen LogP contribution in [-0.4, -0.2) is 27.8 Å². The Hall–Kier alpha value is -1.36. The third kappa shape index (κ3) is 3.80. The van der Waals surface area contributed by atoms with Crippen molar-refractivity contribution in [3.63, 3.8) is 0 Å². The van der Waals surface area contributed by atoms with Gasteiger partial charge in [-0.15, -0.1) is 0 Å². The number of nitrogens with two attached hydrogens (primary N) is 1. The highest BCUT2D eigenvalue weighted by atomic mass is 16.1. The van der Waals surface area contributed by atoms with Gasteiger partial charge in [0.15, 0.2) is 0 Å². The number of aryl methyl sites for hydroxylation is 2. The first-order valence-electron chi connectivity index (χ1n) is 6.79. The molecule has 0 aliphatic carbocycles. The van der Waals surface area contributed by atoms with Gasteiger partial charge in [0, 0.05) is 30.7 Å². The van der Waals surface area contributed by atoms with E-state index in [2.05, 4.69) is 17.3 Å². The molecule has 1 aromatic heterocycles. The lowest BCUT2D eigenvalue weighted by Crippen LogP contribution is -2.43. The molecular formula is C14H26N4O. The van der Waals surface area contributed by atoms with Gasteiger partial charge in [0.1, 0.15) is 0 Å². The molecule has 0 aromatic carbocycles. The van der Waals surface area contributed by atoms with E-state index >= 15 is 0 Å².